The molecule has 0 amide bonds. The van der Waals surface area contributed by atoms with Crippen molar-refractivity contribution in [2.24, 2.45) is 0 Å². The summed E-state index contributed by atoms with van der Waals surface area (Å²) in [4.78, 5) is 3.30. The fourth-order valence-electron chi connectivity index (χ4n) is 3.17. The summed E-state index contributed by atoms with van der Waals surface area (Å²) in [5, 5.41) is 1.06. The molecule has 2 aromatic carbocycles. The predicted molar refractivity (Wildman–Crippen MR) is 91.0 cm³/mol. The van der Waals surface area contributed by atoms with Gasteiger partial charge in [0.1, 0.15) is 10.7 Å². The molecule has 1 aromatic heterocycles. The summed E-state index contributed by atoms with van der Waals surface area (Å²) in [6.07, 6.45) is 0.551. The first-order valence-corrected chi connectivity index (χ1v) is 9.32. The van der Waals surface area contributed by atoms with Crippen molar-refractivity contribution in [3.05, 3.63) is 64.6 Å². The van der Waals surface area contributed by atoms with E-state index < -0.39 is 10.0 Å². The van der Waals surface area contributed by atoms with E-state index in [-0.39, 0.29) is 22.3 Å². The van der Waals surface area contributed by atoms with Crippen LogP contribution in [0.1, 0.15) is 11.3 Å². The summed E-state index contributed by atoms with van der Waals surface area (Å²) in [5.41, 5.74) is 2.55. The van der Waals surface area contributed by atoms with Gasteiger partial charge in [0.2, 0.25) is 10.0 Å². The van der Waals surface area contributed by atoms with Crippen LogP contribution in [0.25, 0.3) is 10.9 Å². The highest BCUT2D eigenvalue weighted by Crippen LogP contribution is 2.32. The van der Waals surface area contributed by atoms with Crippen LogP contribution in [0.2, 0.25) is 5.02 Å². The molecule has 3 aromatic rings. The first-order chi connectivity index (χ1) is 11.5. The topological polar surface area (TPSA) is 53.2 Å². The average molecular weight is 365 g/mol. The number of nitrogens with zero attached hydrogens (tertiary/aromatic N) is 1. The van der Waals surface area contributed by atoms with Crippen LogP contribution in [0.5, 0.6) is 0 Å². The maximum Gasteiger partial charge on any atom is 0.244 e. The lowest BCUT2D eigenvalue weighted by Crippen LogP contribution is -2.35. The van der Waals surface area contributed by atoms with E-state index in [9.17, 15) is 12.8 Å². The third kappa shape index (κ3) is 2.42. The second-order valence-electron chi connectivity index (χ2n) is 5.79. The predicted octanol–water partition coefficient (Wildman–Crippen LogP) is 3.71. The molecule has 0 radical (unpaired) electrons. The zero-order valence-corrected chi connectivity index (χ0v) is 14.2. The number of rotatable bonds is 2. The van der Waals surface area contributed by atoms with E-state index in [1.54, 1.807) is 24.3 Å². The van der Waals surface area contributed by atoms with E-state index >= 15 is 0 Å². The van der Waals surface area contributed by atoms with Gasteiger partial charge in [-0.1, -0.05) is 23.7 Å². The lowest BCUT2D eigenvalue weighted by molar-refractivity contribution is 0.391. The van der Waals surface area contributed by atoms with Crippen LogP contribution in [0, 0.1) is 5.82 Å². The Hall–Kier alpha value is -1.89. The largest absolute Gasteiger partial charge is 0.358 e. The van der Waals surface area contributed by atoms with Crippen molar-refractivity contribution in [1.29, 1.82) is 0 Å². The van der Waals surface area contributed by atoms with Crippen LogP contribution in [0.4, 0.5) is 4.39 Å². The zero-order valence-electron chi connectivity index (χ0n) is 12.6. The van der Waals surface area contributed by atoms with E-state index in [0.29, 0.717) is 18.5 Å². The van der Waals surface area contributed by atoms with E-state index in [0.717, 1.165) is 16.6 Å². The number of H-pyrrole nitrogens is 1. The van der Waals surface area contributed by atoms with Gasteiger partial charge in [-0.15, -0.1) is 0 Å². The van der Waals surface area contributed by atoms with E-state index in [4.69, 9.17) is 11.6 Å². The molecule has 0 bridgehead atoms. The number of benzene rings is 2. The number of aromatic amines is 1. The molecule has 0 fully saturated rings. The molecule has 0 saturated heterocycles. The summed E-state index contributed by atoms with van der Waals surface area (Å²) in [6.45, 7) is 0.602. The first kappa shape index (κ1) is 15.6. The van der Waals surface area contributed by atoms with Gasteiger partial charge < -0.3 is 4.98 Å². The standard InChI is InChI=1S/C17H14ClFN2O2S/c18-14-3-1-2-4-17(14)24(22,23)21-8-7-15-13(10-21)12-6-5-11(19)9-16(12)20-15/h1-6,9,20H,7-8,10H2. The third-order valence-corrected chi connectivity index (χ3v) is 6.70. The zero-order chi connectivity index (χ0) is 16.9. The normalized spacial score (nSPS) is 15.6. The molecular formula is C17H14ClFN2O2S. The number of sulfonamides is 1. The maximum absolute atomic E-state index is 13.4. The van der Waals surface area contributed by atoms with Crippen LogP contribution in [0.3, 0.4) is 0 Å². The Labute approximate surface area is 143 Å². The molecule has 0 spiro atoms. The number of hydrogen-bond acceptors (Lipinski definition) is 2. The fourth-order valence-corrected chi connectivity index (χ4v) is 5.07. The average Bonchev–Trinajstić information content (AvgIpc) is 2.91. The summed E-state index contributed by atoms with van der Waals surface area (Å²) < 4.78 is 40.6. The summed E-state index contributed by atoms with van der Waals surface area (Å²) in [6, 6.07) is 10.9. The molecule has 0 saturated carbocycles. The highest BCUT2D eigenvalue weighted by Gasteiger charge is 2.31. The Morgan fingerprint density at radius 3 is 2.75 bits per heavy atom. The van der Waals surface area contributed by atoms with Gasteiger partial charge in [0.05, 0.1) is 5.02 Å². The fraction of sp³-hybridized carbons (Fsp3) is 0.176. The second kappa shape index (κ2) is 5.58. The van der Waals surface area contributed by atoms with Gasteiger partial charge >= 0.3 is 0 Å². The number of fused-ring (bicyclic) bond motifs is 3. The van der Waals surface area contributed by atoms with Gasteiger partial charge in [0.15, 0.2) is 0 Å². The highest BCUT2D eigenvalue weighted by atomic mass is 35.5. The van der Waals surface area contributed by atoms with Crippen molar-refractivity contribution in [1.82, 2.24) is 9.29 Å². The number of nitrogens with one attached hydrogen (secondary N) is 1. The molecule has 4 nitrogen and oxygen atoms in total. The minimum absolute atomic E-state index is 0.112. The Bertz CT molecular complexity index is 1050. The molecule has 0 unspecified atom stereocenters. The molecular weight excluding hydrogens is 351 g/mol. The summed E-state index contributed by atoms with van der Waals surface area (Å²) >= 11 is 6.07. The number of halogens is 2. The van der Waals surface area contributed by atoms with Crippen molar-refractivity contribution in [2.45, 2.75) is 17.9 Å². The molecule has 1 N–H and O–H groups in total. The highest BCUT2D eigenvalue weighted by molar-refractivity contribution is 7.89. The van der Waals surface area contributed by atoms with Gasteiger partial charge in [0.25, 0.3) is 0 Å². The molecule has 4 rings (SSSR count). The molecule has 1 aliphatic rings. The van der Waals surface area contributed by atoms with Crippen molar-refractivity contribution >= 4 is 32.5 Å². The Balaban J connectivity index is 1.76. The molecule has 2 heterocycles. The lowest BCUT2D eigenvalue weighted by Gasteiger charge is -2.26. The van der Waals surface area contributed by atoms with Crippen LogP contribution in [-0.4, -0.2) is 24.3 Å². The second-order valence-corrected chi connectivity index (χ2v) is 8.10. The van der Waals surface area contributed by atoms with Gasteiger partial charge in [0, 0.05) is 36.1 Å². The SMILES string of the molecule is O=S(=O)(c1ccccc1Cl)N1CCc2[nH]c3cc(F)ccc3c2C1. The number of hydrogen-bond donors (Lipinski definition) is 1. The van der Waals surface area contributed by atoms with Crippen molar-refractivity contribution < 1.29 is 12.8 Å². The van der Waals surface area contributed by atoms with Crippen molar-refractivity contribution in [3.8, 4) is 0 Å². The van der Waals surface area contributed by atoms with Crippen LogP contribution in [-0.2, 0) is 23.0 Å². The summed E-state index contributed by atoms with van der Waals surface area (Å²) in [7, 11) is -3.68. The Kier molecular flexibility index (Phi) is 3.63. The molecule has 124 valence electrons. The van der Waals surface area contributed by atoms with Crippen LogP contribution in [0.15, 0.2) is 47.4 Å². The van der Waals surface area contributed by atoms with Crippen LogP contribution >= 0.6 is 11.6 Å². The Morgan fingerprint density at radius 1 is 1.17 bits per heavy atom. The van der Waals surface area contributed by atoms with E-state index in [1.807, 2.05) is 0 Å². The van der Waals surface area contributed by atoms with Crippen LogP contribution < -0.4 is 0 Å². The molecule has 0 atom stereocenters. The van der Waals surface area contributed by atoms with Gasteiger partial charge in [-0.3, -0.25) is 0 Å². The van der Waals surface area contributed by atoms with Gasteiger partial charge in [-0.05, 0) is 35.9 Å². The van der Waals surface area contributed by atoms with Gasteiger partial charge in [-0.25, -0.2) is 12.8 Å². The lowest BCUT2D eigenvalue weighted by atomic mass is 10.1. The van der Waals surface area contributed by atoms with Gasteiger partial charge in [-0.2, -0.15) is 4.31 Å². The Morgan fingerprint density at radius 2 is 1.96 bits per heavy atom. The summed E-state index contributed by atoms with van der Waals surface area (Å²) in [5.74, 6) is -0.318. The maximum atomic E-state index is 13.4. The number of aromatic nitrogens is 1. The smallest absolute Gasteiger partial charge is 0.244 e. The molecule has 7 heteroatoms. The quantitative estimate of drug-likeness (QED) is 0.753. The molecule has 1 aliphatic heterocycles. The van der Waals surface area contributed by atoms with Crippen molar-refractivity contribution in [2.75, 3.05) is 6.54 Å². The minimum Gasteiger partial charge on any atom is -0.358 e. The molecule has 0 aliphatic carbocycles. The minimum atomic E-state index is -3.68. The monoisotopic (exact) mass is 364 g/mol. The molecule has 24 heavy (non-hydrogen) atoms. The third-order valence-electron chi connectivity index (χ3n) is 4.36. The first-order valence-electron chi connectivity index (χ1n) is 7.50. The van der Waals surface area contributed by atoms with Crippen molar-refractivity contribution in [3.63, 3.8) is 0 Å². The van der Waals surface area contributed by atoms with E-state index in [1.165, 1.54) is 22.5 Å². The van der Waals surface area contributed by atoms with E-state index in [2.05, 4.69) is 4.98 Å².